The molecule has 0 spiro atoms. The highest BCUT2D eigenvalue weighted by Crippen LogP contribution is 2.22. The number of piperidine rings is 1. The average Bonchev–Trinajstić information content (AvgIpc) is 2.03. The van der Waals surface area contributed by atoms with Crippen LogP contribution < -0.4 is 0 Å². The summed E-state index contributed by atoms with van der Waals surface area (Å²) < 4.78 is 35.9. The summed E-state index contributed by atoms with van der Waals surface area (Å²) in [5.41, 5.74) is 0. The first-order chi connectivity index (χ1) is 6.01. The molecule has 1 rings (SSSR count). The number of hydrogen-bond acceptors (Lipinski definition) is 1. The van der Waals surface area contributed by atoms with E-state index in [0.717, 1.165) is 12.8 Å². The van der Waals surface area contributed by atoms with Crippen LogP contribution in [0.4, 0.5) is 13.2 Å². The van der Waals surface area contributed by atoms with Crippen molar-refractivity contribution in [2.45, 2.75) is 19.0 Å². The molecule has 1 fully saturated rings. The number of alkyl halides is 3. The van der Waals surface area contributed by atoms with E-state index in [9.17, 15) is 13.2 Å². The summed E-state index contributed by atoms with van der Waals surface area (Å²) in [5.74, 6) is 0.407. The summed E-state index contributed by atoms with van der Waals surface area (Å²) in [6.07, 6.45) is -0.606. The molecule has 0 unspecified atom stereocenters. The average molecular weight is 193 g/mol. The zero-order valence-electron chi connectivity index (χ0n) is 7.48. The van der Waals surface area contributed by atoms with E-state index >= 15 is 0 Å². The third-order valence-corrected chi connectivity index (χ3v) is 2.37. The number of halogens is 3. The predicted octanol–water partition coefficient (Wildman–Crippen LogP) is 2.45. The normalized spacial score (nSPS) is 21.8. The van der Waals surface area contributed by atoms with Gasteiger partial charge in [-0.3, -0.25) is 4.90 Å². The van der Waals surface area contributed by atoms with Crippen LogP contribution in [-0.2, 0) is 0 Å². The molecule has 76 valence electrons. The summed E-state index contributed by atoms with van der Waals surface area (Å²) in [4.78, 5) is 1.46. The first kappa shape index (κ1) is 10.6. The van der Waals surface area contributed by atoms with Crippen LogP contribution in [0.5, 0.6) is 0 Å². The minimum atomic E-state index is -4.05. The molecule has 1 saturated heterocycles. The highest BCUT2D eigenvalue weighted by Gasteiger charge is 2.31. The quantitative estimate of drug-likeness (QED) is 0.609. The number of nitrogens with zero attached hydrogens (tertiary/aromatic N) is 1. The number of likely N-dealkylation sites (tertiary alicyclic amines) is 1. The van der Waals surface area contributed by atoms with Gasteiger partial charge in [0.1, 0.15) is 0 Å². The van der Waals surface area contributed by atoms with Crippen LogP contribution in [0.1, 0.15) is 12.8 Å². The fraction of sp³-hybridized carbons (Fsp3) is 0.778. The molecule has 0 saturated carbocycles. The van der Waals surface area contributed by atoms with Gasteiger partial charge in [-0.1, -0.05) is 6.08 Å². The van der Waals surface area contributed by atoms with Crippen LogP contribution in [-0.4, -0.2) is 30.7 Å². The Morgan fingerprint density at radius 1 is 1.31 bits per heavy atom. The molecule has 0 N–H and O–H groups in total. The molecule has 0 amide bonds. The van der Waals surface area contributed by atoms with Crippen LogP contribution in [0.15, 0.2) is 12.7 Å². The van der Waals surface area contributed by atoms with Crippen LogP contribution in [0.3, 0.4) is 0 Å². The molecular weight excluding hydrogens is 179 g/mol. The summed E-state index contributed by atoms with van der Waals surface area (Å²) >= 11 is 0. The highest BCUT2D eigenvalue weighted by atomic mass is 19.4. The maximum atomic E-state index is 12.0. The van der Waals surface area contributed by atoms with Crippen LogP contribution in [0.25, 0.3) is 0 Å². The largest absolute Gasteiger partial charge is 0.401 e. The first-order valence-corrected chi connectivity index (χ1v) is 4.43. The van der Waals surface area contributed by atoms with Crippen molar-refractivity contribution in [3.63, 3.8) is 0 Å². The van der Waals surface area contributed by atoms with Gasteiger partial charge in [0.2, 0.25) is 0 Å². The van der Waals surface area contributed by atoms with Gasteiger partial charge in [0, 0.05) is 0 Å². The Labute approximate surface area is 76.2 Å². The predicted molar refractivity (Wildman–Crippen MR) is 45.4 cm³/mol. The van der Waals surface area contributed by atoms with Crippen molar-refractivity contribution < 1.29 is 13.2 Å². The van der Waals surface area contributed by atoms with Gasteiger partial charge in [0.05, 0.1) is 6.54 Å². The van der Waals surface area contributed by atoms with Gasteiger partial charge >= 0.3 is 6.18 Å². The van der Waals surface area contributed by atoms with Crippen LogP contribution >= 0.6 is 0 Å². The SMILES string of the molecule is C=CC1CCN(CC(F)(F)F)CC1. The smallest absolute Gasteiger partial charge is 0.295 e. The fourth-order valence-corrected chi connectivity index (χ4v) is 1.60. The van der Waals surface area contributed by atoms with Gasteiger partial charge in [-0.15, -0.1) is 6.58 Å². The second-order valence-electron chi connectivity index (χ2n) is 3.46. The molecule has 0 aromatic heterocycles. The van der Waals surface area contributed by atoms with Crippen molar-refractivity contribution in [2.24, 2.45) is 5.92 Å². The lowest BCUT2D eigenvalue weighted by molar-refractivity contribution is -0.148. The van der Waals surface area contributed by atoms with E-state index in [1.807, 2.05) is 6.08 Å². The lowest BCUT2D eigenvalue weighted by Gasteiger charge is -2.30. The molecule has 1 nitrogen and oxygen atoms in total. The molecule has 0 bridgehead atoms. The molecule has 0 aliphatic carbocycles. The van der Waals surface area contributed by atoms with Crippen LogP contribution in [0.2, 0.25) is 0 Å². The van der Waals surface area contributed by atoms with Gasteiger partial charge < -0.3 is 0 Å². The van der Waals surface area contributed by atoms with Crippen molar-refractivity contribution >= 4 is 0 Å². The molecule has 13 heavy (non-hydrogen) atoms. The molecule has 0 aromatic rings. The molecule has 1 heterocycles. The molecule has 0 aromatic carbocycles. The molecule has 1 aliphatic rings. The van der Waals surface area contributed by atoms with E-state index in [4.69, 9.17) is 0 Å². The topological polar surface area (TPSA) is 3.24 Å². The monoisotopic (exact) mass is 193 g/mol. The highest BCUT2D eigenvalue weighted by molar-refractivity contribution is 4.84. The minimum absolute atomic E-state index is 0.407. The summed E-state index contributed by atoms with van der Waals surface area (Å²) in [6.45, 7) is 3.95. The second kappa shape index (κ2) is 4.13. The molecule has 0 radical (unpaired) electrons. The standard InChI is InChI=1S/C9H14F3N/c1-2-8-3-5-13(6-4-8)7-9(10,11)12/h2,8H,1,3-7H2. The van der Waals surface area contributed by atoms with E-state index in [-0.39, 0.29) is 0 Å². The Balaban J connectivity index is 2.29. The van der Waals surface area contributed by atoms with Crippen LogP contribution in [0, 0.1) is 5.92 Å². The van der Waals surface area contributed by atoms with E-state index in [0.29, 0.717) is 19.0 Å². The summed E-state index contributed by atoms with van der Waals surface area (Å²) in [7, 11) is 0. The van der Waals surface area contributed by atoms with Gasteiger partial charge in [-0.25, -0.2) is 0 Å². The molecule has 0 atom stereocenters. The number of hydrogen-bond donors (Lipinski definition) is 0. The zero-order chi connectivity index (χ0) is 9.90. The third kappa shape index (κ3) is 3.81. The first-order valence-electron chi connectivity index (χ1n) is 4.43. The van der Waals surface area contributed by atoms with E-state index < -0.39 is 12.7 Å². The van der Waals surface area contributed by atoms with Gasteiger partial charge in [0.15, 0.2) is 0 Å². The van der Waals surface area contributed by atoms with Crippen molar-refractivity contribution in [2.75, 3.05) is 19.6 Å². The minimum Gasteiger partial charge on any atom is -0.295 e. The second-order valence-corrected chi connectivity index (χ2v) is 3.46. The van der Waals surface area contributed by atoms with Crippen molar-refractivity contribution in [1.82, 2.24) is 4.90 Å². The number of allylic oxidation sites excluding steroid dienone is 1. The Kier molecular flexibility index (Phi) is 3.36. The van der Waals surface area contributed by atoms with Crippen molar-refractivity contribution in [1.29, 1.82) is 0 Å². The lowest BCUT2D eigenvalue weighted by Crippen LogP contribution is -2.39. The Bertz CT molecular complexity index is 168. The Morgan fingerprint density at radius 3 is 2.23 bits per heavy atom. The number of rotatable bonds is 2. The Morgan fingerprint density at radius 2 is 1.85 bits per heavy atom. The van der Waals surface area contributed by atoms with Gasteiger partial charge in [-0.05, 0) is 31.8 Å². The van der Waals surface area contributed by atoms with E-state index in [1.54, 1.807) is 0 Å². The third-order valence-electron chi connectivity index (χ3n) is 2.37. The van der Waals surface area contributed by atoms with Crippen molar-refractivity contribution in [3.8, 4) is 0 Å². The Hall–Kier alpha value is -0.510. The van der Waals surface area contributed by atoms with E-state index in [2.05, 4.69) is 6.58 Å². The summed E-state index contributed by atoms with van der Waals surface area (Å²) in [6, 6.07) is 0. The lowest BCUT2D eigenvalue weighted by atomic mass is 9.97. The van der Waals surface area contributed by atoms with Gasteiger partial charge in [0.25, 0.3) is 0 Å². The summed E-state index contributed by atoms with van der Waals surface area (Å²) in [5, 5.41) is 0. The maximum absolute atomic E-state index is 12.0. The maximum Gasteiger partial charge on any atom is 0.401 e. The molecular formula is C9H14F3N. The van der Waals surface area contributed by atoms with Gasteiger partial charge in [-0.2, -0.15) is 13.2 Å². The fourth-order valence-electron chi connectivity index (χ4n) is 1.60. The molecule has 1 aliphatic heterocycles. The van der Waals surface area contributed by atoms with Crippen molar-refractivity contribution in [3.05, 3.63) is 12.7 Å². The molecule has 4 heteroatoms. The zero-order valence-corrected chi connectivity index (χ0v) is 7.48. The van der Waals surface area contributed by atoms with E-state index in [1.165, 1.54) is 4.90 Å².